The van der Waals surface area contributed by atoms with Gasteiger partial charge in [-0.1, -0.05) is 44.3 Å². The lowest BCUT2D eigenvalue weighted by molar-refractivity contribution is -0.670. The monoisotopic (exact) mass is 442 g/mol. The average Bonchev–Trinajstić information content (AvgIpc) is 2.73. The number of nitro benzene ring substituents is 1. The summed E-state index contributed by atoms with van der Waals surface area (Å²) in [6, 6.07) is 6.20. The highest BCUT2D eigenvalue weighted by Crippen LogP contribution is 2.47. The standard InChI is InChI=1S/C18H16N3O3S.C4H9NO/c1-18(2)7-12-16(14(22)8-18)15(11(9-19)17(25)20-12)10-5-3-4-6-13(10)21(23)24;1-3-6-4-2-5-1/h3-6,15H,7-8H2,1-2H3,(H,20,25);5H,1-4H2/q-1;/p+1. The Kier molecular flexibility index (Phi) is 7.12. The van der Waals surface area contributed by atoms with Crippen LogP contribution in [0.2, 0.25) is 0 Å². The summed E-state index contributed by atoms with van der Waals surface area (Å²) in [5.74, 6) is 1.15. The second-order valence-corrected chi connectivity index (χ2v) is 8.95. The Bertz CT molecular complexity index is 979. The molecule has 1 atom stereocenters. The molecule has 1 fully saturated rings. The van der Waals surface area contributed by atoms with Crippen LogP contribution in [0, 0.1) is 15.5 Å². The highest BCUT2D eigenvalue weighted by atomic mass is 32.1. The summed E-state index contributed by atoms with van der Waals surface area (Å²) in [5, 5.41) is 26.3. The van der Waals surface area contributed by atoms with Gasteiger partial charge in [0.2, 0.25) is 0 Å². The lowest BCUT2D eigenvalue weighted by Gasteiger charge is -2.39. The van der Waals surface area contributed by atoms with E-state index in [1.54, 1.807) is 18.2 Å². The molecule has 1 unspecified atom stereocenters. The third-order valence-corrected chi connectivity index (χ3v) is 5.83. The number of Topliss-reactive ketones (excluding diaryl/α,β-unsaturated/α-hetero) is 1. The summed E-state index contributed by atoms with van der Waals surface area (Å²) in [4.78, 5) is 24.0. The summed E-state index contributed by atoms with van der Waals surface area (Å²) in [6.45, 7) is 8.17. The summed E-state index contributed by atoms with van der Waals surface area (Å²) >= 11 is 5.31. The maximum Gasteiger partial charge on any atom is 0.273 e. The van der Waals surface area contributed by atoms with Crippen molar-refractivity contribution in [2.75, 3.05) is 26.3 Å². The number of ketones is 1. The van der Waals surface area contributed by atoms with Gasteiger partial charge < -0.3 is 20.8 Å². The summed E-state index contributed by atoms with van der Waals surface area (Å²) in [5.41, 5.74) is 1.27. The van der Waals surface area contributed by atoms with Gasteiger partial charge in [0.25, 0.3) is 5.69 Å². The molecule has 2 heterocycles. The number of morpholine rings is 1. The largest absolute Gasteiger partial charge is 0.763 e. The van der Waals surface area contributed by atoms with E-state index in [4.69, 9.17) is 17.0 Å². The SMILES string of the molecule is C1COCC[NH2+]1.CC1(C)CC(=O)C2=C(C1)NC(=S)C(=C=[N-])C2c1ccccc1[N+](=O)[O-]. The summed E-state index contributed by atoms with van der Waals surface area (Å²) in [6.07, 6.45) is 0.931. The zero-order valence-electron chi connectivity index (χ0n) is 17.6. The maximum atomic E-state index is 12.8. The molecule has 1 aromatic rings. The number of ether oxygens (including phenoxy) is 1. The second kappa shape index (κ2) is 9.62. The van der Waals surface area contributed by atoms with E-state index >= 15 is 0 Å². The molecule has 8 nitrogen and oxygen atoms in total. The summed E-state index contributed by atoms with van der Waals surface area (Å²) in [7, 11) is 0. The molecule has 2 aliphatic heterocycles. The van der Waals surface area contributed by atoms with Gasteiger partial charge >= 0.3 is 0 Å². The minimum atomic E-state index is -0.793. The zero-order chi connectivity index (χ0) is 22.6. The molecule has 1 aromatic carbocycles. The first-order chi connectivity index (χ1) is 14.7. The van der Waals surface area contributed by atoms with Crippen molar-refractivity contribution in [3.63, 3.8) is 0 Å². The quantitative estimate of drug-likeness (QED) is 0.238. The van der Waals surface area contributed by atoms with Gasteiger partial charge in [-0.25, -0.2) is 0 Å². The van der Waals surface area contributed by atoms with E-state index in [0.29, 0.717) is 29.7 Å². The summed E-state index contributed by atoms with van der Waals surface area (Å²) < 4.78 is 5.04. The van der Waals surface area contributed by atoms with Crippen LogP contribution in [0.5, 0.6) is 0 Å². The van der Waals surface area contributed by atoms with Crippen LogP contribution in [0.3, 0.4) is 0 Å². The first-order valence-electron chi connectivity index (χ1n) is 10.2. The Morgan fingerprint density at radius 2 is 1.97 bits per heavy atom. The number of nitrogens with one attached hydrogen (secondary N) is 1. The number of nitro groups is 1. The number of quaternary nitrogens is 1. The van der Waals surface area contributed by atoms with Gasteiger partial charge in [0.05, 0.1) is 37.1 Å². The predicted molar refractivity (Wildman–Crippen MR) is 121 cm³/mol. The van der Waals surface area contributed by atoms with Crippen molar-refractivity contribution in [2.24, 2.45) is 5.41 Å². The molecule has 3 aliphatic rings. The molecule has 31 heavy (non-hydrogen) atoms. The van der Waals surface area contributed by atoms with Gasteiger partial charge in [-0.2, -0.15) is 0 Å². The molecule has 0 radical (unpaired) electrons. The van der Waals surface area contributed by atoms with Crippen LogP contribution in [0.1, 0.15) is 38.2 Å². The Morgan fingerprint density at radius 1 is 1.29 bits per heavy atom. The molecular weight excluding hydrogens is 416 g/mol. The smallest absolute Gasteiger partial charge is 0.273 e. The van der Waals surface area contributed by atoms with Crippen LogP contribution in [0.15, 0.2) is 41.1 Å². The predicted octanol–water partition coefficient (Wildman–Crippen LogP) is 2.00. The molecule has 1 aliphatic carbocycles. The number of hydrogen-bond acceptors (Lipinski definition) is 5. The average molecular weight is 443 g/mol. The van der Waals surface area contributed by atoms with E-state index in [1.165, 1.54) is 6.07 Å². The molecule has 4 rings (SSSR count). The third-order valence-electron chi connectivity index (χ3n) is 5.50. The molecular formula is C22H26N4O4S. The lowest BCUT2D eigenvalue weighted by Crippen LogP contribution is -2.87. The van der Waals surface area contributed by atoms with E-state index in [0.717, 1.165) is 26.3 Å². The normalized spacial score (nSPS) is 22.5. The van der Waals surface area contributed by atoms with Gasteiger partial charge in [-0.3, -0.25) is 20.8 Å². The zero-order valence-corrected chi connectivity index (χ0v) is 18.5. The first-order valence-corrected chi connectivity index (χ1v) is 10.6. The van der Waals surface area contributed by atoms with Crippen molar-refractivity contribution in [3.05, 3.63) is 62.2 Å². The van der Waals surface area contributed by atoms with E-state index < -0.39 is 10.8 Å². The van der Waals surface area contributed by atoms with Crippen LogP contribution < -0.4 is 10.6 Å². The maximum absolute atomic E-state index is 12.8. The number of para-hydroxylation sites is 1. The van der Waals surface area contributed by atoms with E-state index in [2.05, 4.69) is 10.6 Å². The van der Waals surface area contributed by atoms with Crippen molar-refractivity contribution in [1.29, 1.82) is 0 Å². The van der Waals surface area contributed by atoms with Crippen molar-refractivity contribution in [3.8, 4) is 0 Å². The fraction of sp³-hybridized carbons (Fsp3) is 0.455. The van der Waals surface area contributed by atoms with Crippen LogP contribution in [-0.4, -0.2) is 47.9 Å². The van der Waals surface area contributed by atoms with Crippen molar-refractivity contribution < 1.29 is 19.8 Å². The molecule has 0 saturated carbocycles. The Labute approximate surface area is 186 Å². The van der Waals surface area contributed by atoms with Gasteiger partial charge in [0.1, 0.15) is 4.99 Å². The minimum absolute atomic E-state index is 0.0999. The number of allylic oxidation sites excluding steroid dienone is 2. The Hall–Kier alpha value is -2.71. The second-order valence-electron chi connectivity index (χ2n) is 8.54. The van der Waals surface area contributed by atoms with E-state index in [9.17, 15) is 20.3 Å². The molecule has 0 aromatic heterocycles. The first kappa shape index (κ1) is 23.0. The number of rotatable bonds is 2. The Balaban J connectivity index is 0.000000391. The van der Waals surface area contributed by atoms with Crippen molar-refractivity contribution >= 4 is 34.5 Å². The highest BCUT2D eigenvalue weighted by Gasteiger charge is 2.43. The number of thiocarbonyl (C=S) groups is 1. The topological polar surface area (TPSA) is 120 Å². The van der Waals surface area contributed by atoms with Crippen LogP contribution in [0.4, 0.5) is 5.69 Å². The van der Waals surface area contributed by atoms with E-state index in [-0.39, 0.29) is 27.4 Å². The number of benzene rings is 1. The van der Waals surface area contributed by atoms with Crippen molar-refractivity contribution in [2.45, 2.75) is 32.6 Å². The third kappa shape index (κ3) is 5.14. The van der Waals surface area contributed by atoms with E-state index in [1.807, 2.05) is 19.7 Å². The molecule has 0 spiro atoms. The lowest BCUT2D eigenvalue weighted by atomic mass is 9.68. The van der Waals surface area contributed by atoms with Gasteiger partial charge in [0, 0.05) is 34.9 Å². The van der Waals surface area contributed by atoms with Gasteiger partial charge in [-0.15, -0.1) is 0 Å². The van der Waals surface area contributed by atoms with Gasteiger partial charge in [0.15, 0.2) is 5.78 Å². The van der Waals surface area contributed by atoms with Crippen molar-refractivity contribution in [1.82, 2.24) is 5.32 Å². The molecule has 3 N–H and O–H groups in total. The molecule has 0 bridgehead atoms. The minimum Gasteiger partial charge on any atom is -0.763 e. The number of nitrogens with zero attached hydrogens (tertiary/aromatic N) is 2. The number of nitrogens with two attached hydrogens (primary N) is 1. The molecule has 1 saturated heterocycles. The number of hydrogen-bond donors (Lipinski definition) is 2. The Morgan fingerprint density at radius 3 is 2.52 bits per heavy atom. The van der Waals surface area contributed by atoms with Crippen LogP contribution >= 0.6 is 12.2 Å². The van der Waals surface area contributed by atoms with Crippen LogP contribution in [-0.2, 0) is 9.53 Å². The van der Waals surface area contributed by atoms with Gasteiger partial charge in [-0.05, 0) is 11.8 Å². The van der Waals surface area contributed by atoms with Crippen LogP contribution in [0.25, 0.3) is 5.41 Å². The fourth-order valence-corrected chi connectivity index (χ4v) is 4.45. The fourth-order valence-electron chi connectivity index (χ4n) is 4.16. The molecule has 0 amide bonds. The number of carbonyl (C=O) groups is 1. The molecule has 9 heteroatoms. The number of carbonyl (C=O) groups excluding carboxylic acids is 1. The highest BCUT2D eigenvalue weighted by molar-refractivity contribution is 7.80. The molecule has 164 valence electrons.